The van der Waals surface area contributed by atoms with Crippen molar-refractivity contribution >= 4 is 18.0 Å². The molecule has 0 radical (unpaired) electrons. The van der Waals surface area contributed by atoms with Crippen LogP contribution in [0.2, 0.25) is 0 Å². The molecule has 0 aromatic heterocycles. The standard InChI is InChI=1S/C14H16O6/c1-4-20-13(15)6-5-9-7-11(18-2)12(19-3)8-10(9)14(16)17/h5-8H,4H2,1-3H3,(H,16,17). The second kappa shape index (κ2) is 7.18. The van der Waals surface area contributed by atoms with Crippen molar-refractivity contribution in [3.63, 3.8) is 0 Å². The van der Waals surface area contributed by atoms with Gasteiger partial charge in [0.1, 0.15) is 0 Å². The maximum atomic E-state index is 11.3. The van der Waals surface area contributed by atoms with E-state index in [9.17, 15) is 14.7 Å². The number of rotatable bonds is 6. The average Bonchev–Trinajstić information content (AvgIpc) is 2.44. The highest BCUT2D eigenvalue weighted by Crippen LogP contribution is 2.31. The molecule has 0 spiro atoms. The third kappa shape index (κ3) is 3.74. The highest BCUT2D eigenvalue weighted by molar-refractivity contribution is 5.95. The van der Waals surface area contributed by atoms with Gasteiger partial charge in [-0.25, -0.2) is 9.59 Å². The molecule has 1 N–H and O–H groups in total. The van der Waals surface area contributed by atoms with Crippen LogP contribution in [-0.2, 0) is 9.53 Å². The Morgan fingerprint density at radius 2 is 1.80 bits per heavy atom. The number of carboxylic acids is 1. The van der Waals surface area contributed by atoms with Gasteiger partial charge >= 0.3 is 11.9 Å². The Bertz CT molecular complexity index is 533. The molecule has 108 valence electrons. The number of benzene rings is 1. The molecule has 6 heteroatoms. The van der Waals surface area contributed by atoms with Gasteiger partial charge in [-0.05, 0) is 30.7 Å². The molecule has 0 bridgehead atoms. The zero-order valence-corrected chi connectivity index (χ0v) is 11.5. The number of hydrogen-bond donors (Lipinski definition) is 1. The Labute approximate surface area is 116 Å². The fourth-order valence-corrected chi connectivity index (χ4v) is 1.57. The van der Waals surface area contributed by atoms with Crippen molar-refractivity contribution in [2.75, 3.05) is 20.8 Å². The minimum atomic E-state index is -1.13. The van der Waals surface area contributed by atoms with Crippen molar-refractivity contribution in [3.05, 3.63) is 29.3 Å². The van der Waals surface area contributed by atoms with Crippen LogP contribution in [0.5, 0.6) is 11.5 Å². The van der Waals surface area contributed by atoms with E-state index in [2.05, 4.69) is 0 Å². The van der Waals surface area contributed by atoms with Crippen LogP contribution in [0.4, 0.5) is 0 Å². The summed E-state index contributed by atoms with van der Waals surface area (Å²) in [6, 6.07) is 2.82. The van der Waals surface area contributed by atoms with E-state index in [4.69, 9.17) is 14.2 Å². The van der Waals surface area contributed by atoms with Gasteiger partial charge in [-0.2, -0.15) is 0 Å². The molecular formula is C14H16O6. The molecule has 0 aliphatic rings. The SMILES string of the molecule is CCOC(=O)C=Cc1cc(OC)c(OC)cc1C(=O)O. The van der Waals surface area contributed by atoms with Crippen LogP contribution >= 0.6 is 0 Å². The molecule has 0 aliphatic carbocycles. The van der Waals surface area contributed by atoms with Crippen LogP contribution in [0.3, 0.4) is 0 Å². The van der Waals surface area contributed by atoms with Crippen molar-refractivity contribution in [2.24, 2.45) is 0 Å². The van der Waals surface area contributed by atoms with Gasteiger partial charge in [0.05, 0.1) is 26.4 Å². The highest BCUT2D eigenvalue weighted by atomic mass is 16.5. The maximum absolute atomic E-state index is 11.3. The number of ether oxygens (including phenoxy) is 3. The molecule has 1 aromatic carbocycles. The molecule has 0 unspecified atom stereocenters. The Morgan fingerprint density at radius 1 is 1.20 bits per heavy atom. The van der Waals surface area contributed by atoms with E-state index < -0.39 is 11.9 Å². The number of carboxylic acid groups (broad SMARTS) is 1. The van der Waals surface area contributed by atoms with E-state index in [-0.39, 0.29) is 12.2 Å². The number of hydrogen-bond acceptors (Lipinski definition) is 5. The summed E-state index contributed by atoms with van der Waals surface area (Å²) in [4.78, 5) is 22.5. The molecule has 1 aromatic rings. The van der Waals surface area contributed by atoms with Crippen molar-refractivity contribution in [1.82, 2.24) is 0 Å². The first kappa shape index (κ1) is 15.6. The molecule has 0 aliphatic heterocycles. The molecular weight excluding hydrogens is 264 g/mol. The first-order chi connectivity index (χ1) is 9.53. The minimum Gasteiger partial charge on any atom is -0.493 e. The summed E-state index contributed by atoms with van der Waals surface area (Å²) in [5.41, 5.74) is 0.325. The lowest BCUT2D eigenvalue weighted by atomic mass is 10.1. The van der Waals surface area contributed by atoms with Gasteiger partial charge in [0.25, 0.3) is 0 Å². The normalized spacial score (nSPS) is 10.3. The van der Waals surface area contributed by atoms with E-state index in [0.717, 1.165) is 6.08 Å². The summed E-state index contributed by atoms with van der Waals surface area (Å²) in [6.07, 6.45) is 2.53. The lowest BCUT2D eigenvalue weighted by molar-refractivity contribution is -0.137. The predicted molar refractivity (Wildman–Crippen MR) is 72.2 cm³/mol. The lowest BCUT2D eigenvalue weighted by Crippen LogP contribution is -2.03. The van der Waals surface area contributed by atoms with Crippen molar-refractivity contribution in [1.29, 1.82) is 0 Å². The number of esters is 1. The van der Waals surface area contributed by atoms with Gasteiger partial charge in [0.2, 0.25) is 0 Å². The van der Waals surface area contributed by atoms with Crippen LogP contribution in [0.15, 0.2) is 18.2 Å². The summed E-state index contributed by atoms with van der Waals surface area (Å²) in [6.45, 7) is 1.94. The van der Waals surface area contributed by atoms with Crippen molar-refractivity contribution in [3.8, 4) is 11.5 Å². The van der Waals surface area contributed by atoms with Crippen LogP contribution in [-0.4, -0.2) is 37.9 Å². The first-order valence-electron chi connectivity index (χ1n) is 5.87. The Hall–Kier alpha value is -2.50. The summed E-state index contributed by atoms with van der Waals surface area (Å²) in [7, 11) is 2.86. The molecule has 0 atom stereocenters. The fraction of sp³-hybridized carbons (Fsp3) is 0.286. The fourth-order valence-electron chi connectivity index (χ4n) is 1.57. The molecule has 0 heterocycles. The second-order valence-electron chi connectivity index (χ2n) is 3.68. The minimum absolute atomic E-state index is 0.00296. The number of methoxy groups -OCH3 is 2. The average molecular weight is 280 g/mol. The summed E-state index contributed by atoms with van der Waals surface area (Å²) in [5.74, 6) is -0.993. The third-order valence-electron chi connectivity index (χ3n) is 2.47. The monoisotopic (exact) mass is 280 g/mol. The van der Waals surface area contributed by atoms with Crippen LogP contribution in [0, 0.1) is 0 Å². The van der Waals surface area contributed by atoms with E-state index in [0.29, 0.717) is 17.1 Å². The van der Waals surface area contributed by atoms with E-state index >= 15 is 0 Å². The smallest absolute Gasteiger partial charge is 0.336 e. The van der Waals surface area contributed by atoms with Crippen molar-refractivity contribution in [2.45, 2.75) is 6.92 Å². The van der Waals surface area contributed by atoms with Gasteiger partial charge in [0, 0.05) is 6.08 Å². The molecule has 1 rings (SSSR count). The number of aromatic carboxylic acids is 1. The Morgan fingerprint density at radius 3 is 2.30 bits per heavy atom. The van der Waals surface area contributed by atoms with Crippen molar-refractivity contribution < 1.29 is 28.9 Å². The Kier molecular flexibility index (Phi) is 5.58. The number of carbonyl (C=O) groups is 2. The summed E-state index contributed by atoms with van der Waals surface area (Å²) >= 11 is 0. The lowest BCUT2D eigenvalue weighted by Gasteiger charge is -2.10. The Balaban J connectivity index is 3.22. The van der Waals surface area contributed by atoms with E-state index in [1.807, 2.05) is 0 Å². The number of carbonyl (C=O) groups excluding carboxylic acids is 1. The predicted octanol–water partition coefficient (Wildman–Crippen LogP) is 1.98. The molecule has 20 heavy (non-hydrogen) atoms. The summed E-state index contributed by atoms with van der Waals surface area (Å²) in [5, 5.41) is 9.17. The molecule has 0 saturated heterocycles. The maximum Gasteiger partial charge on any atom is 0.336 e. The molecule has 0 fully saturated rings. The molecule has 0 saturated carbocycles. The van der Waals surface area contributed by atoms with Gasteiger partial charge in [-0.1, -0.05) is 0 Å². The second-order valence-corrected chi connectivity index (χ2v) is 3.68. The van der Waals surface area contributed by atoms with Crippen LogP contribution in [0.25, 0.3) is 6.08 Å². The quantitative estimate of drug-likeness (QED) is 0.633. The van der Waals surface area contributed by atoms with E-state index in [1.54, 1.807) is 6.92 Å². The van der Waals surface area contributed by atoms with Gasteiger partial charge in [0.15, 0.2) is 11.5 Å². The molecule has 0 amide bonds. The zero-order chi connectivity index (χ0) is 15.1. The highest BCUT2D eigenvalue weighted by Gasteiger charge is 2.14. The summed E-state index contributed by atoms with van der Waals surface area (Å²) < 4.78 is 14.9. The van der Waals surface area contributed by atoms with Crippen LogP contribution in [0.1, 0.15) is 22.8 Å². The third-order valence-corrected chi connectivity index (χ3v) is 2.47. The first-order valence-corrected chi connectivity index (χ1v) is 5.87. The van der Waals surface area contributed by atoms with Gasteiger partial charge in [-0.3, -0.25) is 0 Å². The van der Waals surface area contributed by atoms with Gasteiger partial charge < -0.3 is 19.3 Å². The van der Waals surface area contributed by atoms with E-state index in [1.165, 1.54) is 32.4 Å². The largest absolute Gasteiger partial charge is 0.493 e. The zero-order valence-electron chi connectivity index (χ0n) is 11.5. The topological polar surface area (TPSA) is 82.1 Å². The molecule has 6 nitrogen and oxygen atoms in total. The van der Waals surface area contributed by atoms with Gasteiger partial charge in [-0.15, -0.1) is 0 Å². The van der Waals surface area contributed by atoms with Crippen LogP contribution < -0.4 is 9.47 Å².